The molecule has 1 atom stereocenters. The Hall–Kier alpha value is -3.30. The van der Waals surface area contributed by atoms with Crippen LogP contribution in [0.2, 0.25) is 0 Å². The molecule has 0 radical (unpaired) electrons. The average molecular weight is 422 g/mol. The first-order valence-corrected chi connectivity index (χ1v) is 10.5. The van der Waals surface area contributed by atoms with Gasteiger partial charge < -0.3 is 14.6 Å². The summed E-state index contributed by atoms with van der Waals surface area (Å²) in [6.07, 6.45) is -0.223. The van der Waals surface area contributed by atoms with E-state index in [0.29, 0.717) is 30.1 Å². The Labute approximate surface area is 180 Å². The van der Waals surface area contributed by atoms with Crippen molar-refractivity contribution in [3.05, 3.63) is 81.0 Å². The van der Waals surface area contributed by atoms with Crippen LogP contribution in [0.15, 0.2) is 53.2 Å². The van der Waals surface area contributed by atoms with Gasteiger partial charge in [-0.15, -0.1) is 0 Å². The van der Waals surface area contributed by atoms with Crippen molar-refractivity contribution in [2.45, 2.75) is 39.4 Å². The number of benzene rings is 2. The summed E-state index contributed by atoms with van der Waals surface area (Å²) in [6.45, 7) is 4.22. The maximum Gasteiger partial charge on any atom is 0.303 e. The quantitative estimate of drug-likeness (QED) is 0.472. The van der Waals surface area contributed by atoms with Gasteiger partial charge in [-0.3, -0.25) is 4.79 Å². The standard InChI is InChI=1S/C24H23NO4S/c1-16-5-3-4-6-20(16)22(7-8-24(26)27)29-23-12-19(11-17(2)21(23)13-25)28-14-18-9-10-30-15-18/h3-6,9-12,15,22H,7-8,14H2,1-2H3,(H,26,27)/t22-/m0/s1. The Balaban J connectivity index is 1.91. The van der Waals surface area contributed by atoms with E-state index in [9.17, 15) is 10.1 Å². The molecule has 1 heterocycles. The minimum atomic E-state index is -0.887. The lowest BCUT2D eigenvalue weighted by molar-refractivity contribution is -0.137. The predicted molar refractivity (Wildman–Crippen MR) is 116 cm³/mol. The number of hydrogen-bond donors (Lipinski definition) is 1. The zero-order valence-electron chi connectivity index (χ0n) is 16.9. The van der Waals surface area contributed by atoms with Crippen molar-refractivity contribution in [3.8, 4) is 17.6 Å². The van der Waals surface area contributed by atoms with Crippen molar-refractivity contribution in [2.24, 2.45) is 0 Å². The SMILES string of the molecule is Cc1ccccc1[C@H](CCC(=O)O)Oc1cc(OCc2ccsc2)cc(C)c1C#N. The number of aliphatic carboxylic acids is 1. The smallest absolute Gasteiger partial charge is 0.303 e. The molecular weight excluding hydrogens is 398 g/mol. The molecule has 3 rings (SSSR count). The van der Waals surface area contributed by atoms with E-state index < -0.39 is 12.1 Å². The minimum Gasteiger partial charge on any atom is -0.489 e. The summed E-state index contributed by atoms with van der Waals surface area (Å²) in [4.78, 5) is 11.2. The normalized spacial score (nSPS) is 11.5. The lowest BCUT2D eigenvalue weighted by atomic mass is 9.99. The van der Waals surface area contributed by atoms with Crippen LogP contribution < -0.4 is 9.47 Å². The Bertz CT molecular complexity index is 1050. The summed E-state index contributed by atoms with van der Waals surface area (Å²) < 4.78 is 12.2. The van der Waals surface area contributed by atoms with E-state index in [1.54, 1.807) is 17.4 Å². The third-order valence-electron chi connectivity index (χ3n) is 4.80. The van der Waals surface area contributed by atoms with Crippen molar-refractivity contribution in [1.29, 1.82) is 5.26 Å². The zero-order valence-corrected chi connectivity index (χ0v) is 17.7. The van der Waals surface area contributed by atoms with E-state index in [1.165, 1.54) is 0 Å². The van der Waals surface area contributed by atoms with Crippen LogP contribution in [0.25, 0.3) is 0 Å². The maximum absolute atomic E-state index is 11.2. The first-order valence-electron chi connectivity index (χ1n) is 9.60. The molecule has 0 fully saturated rings. The number of thiophene rings is 1. The molecule has 0 amide bonds. The van der Waals surface area contributed by atoms with Gasteiger partial charge >= 0.3 is 5.97 Å². The first kappa shape index (κ1) is 21.4. The highest BCUT2D eigenvalue weighted by atomic mass is 32.1. The van der Waals surface area contributed by atoms with Gasteiger partial charge in [0.25, 0.3) is 0 Å². The van der Waals surface area contributed by atoms with Crippen LogP contribution in [-0.4, -0.2) is 11.1 Å². The van der Waals surface area contributed by atoms with Crippen molar-refractivity contribution in [1.82, 2.24) is 0 Å². The summed E-state index contributed by atoms with van der Waals surface area (Å²) in [5.74, 6) is 0.118. The van der Waals surface area contributed by atoms with Crippen LogP contribution in [-0.2, 0) is 11.4 Å². The zero-order chi connectivity index (χ0) is 21.5. The number of hydrogen-bond acceptors (Lipinski definition) is 5. The Kier molecular flexibility index (Phi) is 7.10. The van der Waals surface area contributed by atoms with Crippen LogP contribution in [0.1, 0.15) is 46.8 Å². The van der Waals surface area contributed by atoms with E-state index in [-0.39, 0.29) is 6.42 Å². The number of carboxylic acid groups (broad SMARTS) is 1. The van der Waals surface area contributed by atoms with Gasteiger partial charge in [-0.25, -0.2) is 0 Å². The molecule has 0 saturated heterocycles. The topological polar surface area (TPSA) is 79.6 Å². The largest absolute Gasteiger partial charge is 0.489 e. The lowest BCUT2D eigenvalue weighted by Crippen LogP contribution is -2.12. The molecule has 0 spiro atoms. The van der Waals surface area contributed by atoms with Crippen molar-refractivity contribution < 1.29 is 19.4 Å². The van der Waals surface area contributed by atoms with Crippen LogP contribution in [0.5, 0.6) is 11.5 Å². The van der Waals surface area contributed by atoms with Gasteiger partial charge in [-0.2, -0.15) is 16.6 Å². The second kappa shape index (κ2) is 9.95. The van der Waals surface area contributed by atoms with Crippen LogP contribution in [0.3, 0.4) is 0 Å². The number of nitrogens with zero attached hydrogens (tertiary/aromatic N) is 1. The van der Waals surface area contributed by atoms with Gasteiger partial charge in [-0.05, 0) is 65.4 Å². The molecule has 0 aliphatic rings. The Morgan fingerprint density at radius 3 is 2.67 bits per heavy atom. The molecule has 3 aromatic rings. The van der Waals surface area contributed by atoms with E-state index in [1.807, 2.05) is 61.0 Å². The second-order valence-corrected chi connectivity index (χ2v) is 7.82. The van der Waals surface area contributed by atoms with Gasteiger partial charge in [0.15, 0.2) is 0 Å². The fraction of sp³-hybridized carbons (Fsp3) is 0.250. The van der Waals surface area contributed by atoms with Crippen molar-refractivity contribution in [3.63, 3.8) is 0 Å². The van der Waals surface area contributed by atoms with Gasteiger partial charge in [0.1, 0.15) is 30.3 Å². The summed E-state index contributed by atoms with van der Waals surface area (Å²) in [6, 6.07) is 15.4. The molecule has 0 aliphatic heterocycles. The molecule has 0 saturated carbocycles. The van der Waals surface area contributed by atoms with Gasteiger partial charge in [0.05, 0.1) is 5.56 Å². The highest BCUT2D eigenvalue weighted by molar-refractivity contribution is 7.07. The summed E-state index contributed by atoms with van der Waals surface area (Å²) in [7, 11) is 0. The molecule has 154 valence electrons. The number of rotatable bonds is 9. The highest BCUT2D eigenvalue weighted by Crippen LogP contribution is 2.34. The fourth-order valence-corrected chi connectivity index (χ4v) is 3.87. The third kappa shape index (κ3) is 5.40. The minimum absolute atomic E-state index is 0.0335. The molecule has 1 N–H and O–H groups in total. The molecule has 6 heteroatoms. The number of aryl methyl sites for hydroxylation is 2. The summed E-state index contributed by atoms with van der Waals surface area (Å²) >= 11 is 1.61. The number of ether oxygens (including phenoxy) is 2. The van der Waals surface area contributed by atoms with Crippen LogP contribution in [0, 0.1) is 25.2 Å². The maximum atomic E-state index is 11.2. The van der Waals surface area contributed by atoms with E-state index in [2.05, 4.69) is 6.07 Å². The average Bonchev–Trinajstić information content (AvgIpc) is 3.23. The number of carboxylic acids is 1. The first-order chi connectivity index (χ1) is 14.5. The summed E-state index contributed by atoms with van der Waals surface area (Å²) in [5.41, 5.74) is 4.16. The molecule has 0 unspecified atom stereocenters. The van der Waals surface area contributed by atoms with Crippen LogP contribution >= 0.6 is 11.3 Å². The van der Waals surface area contributed by atoms with Gasteiger partial charge in [-0.1, -0.05) is 24.3 Å². The molecular formula is C24H23NO4S. The fourth-order valence-electron chi connectivity index (χ4n) is 3.22. The number of carbonyl (C=O) groups is 1. The van der Waals surface area contributed by atoms with E-state index >= 15 is 0 Å². The second-order valence-electron chi connectivity index (χ2n) is 7.04. The molecule has 1 aromatic heterocycles. The third-order valence-corrected chi connectivity index (χ3v) is 5.53. The van der Waals surface area contributed by atoms with E-state index in [4.69, 9.17) is 14.6 Å². The number of nitriles is 1. The highest BCUT2D eigenvalue weighted by Gasteiger charge is 2.20. The molecule has 0 bridgehead atoms. The van der Waals surface area contributed by atoms with Crippen molar-refractivity contribution in [2.75, 3.05) is 0 Å². The molecule has 0 aliphatic carbocycles. The van der Waals surface area contributed by atoms with E-state index in [0.717, 1.165) is 22.3 Å². The molecule has 30 heavy (non-hydrogen) atoms. The molecule has 2 aromatic carbocycles. The Morgan fingerprint density at radius 1 is 1.20 bits per heavy atom. The van der Waals surface area contributed by atoms with Gasteiger partial charge in [0, 0.05) is 12.5 Å². The molecule has 5 nitrogen and oxygen atoms in total. The predicted octanol–water partition coefficient (Wildman–Crippen LogP) is 5.80. The monoisotopic (exact) mass is 421 g/mol. The van der Waals surface area contributed by atoms with Crippen LogP contribution in [0.4, 0.5) is 0 Å². The van der Waals surface area contributed by atoms with Crippen molar-refractivity contribution >= 4 is 17.3 Å². The summed E-state index contributed by atoms with van der Waals surface area (Å²) in [5, 5.41) is 22.8. The lowest BCUT2D eigenvalue weighted by Gasteiger charge is -2.22. The Morgan fingerprint density at radius 2 is 2.00 bits per heavy atom. The van der Waals surface area contributed by atoms with Gasteiger partial charge in [0.2, 0.25) is 0 Å².